The Bertz CT molecular complexity index is 725. The monoisotopic (exact) mass is 325 g/mol. The molecule has 0 spiro atoms. The van der Waals surface area contributed by atoms with Crippen LogP contribution in [0, 0.1) is 11.3 Å². The van der Waals surface area contributed by atoms with Gasteiger partial charge in [-0.2, -0.15) is 5.26 Å². The molecule has 0 saturated heterocycles. The summed E-state index contributed by atoms with van der Waals surface area (Å²) in [7, 11) is 0. The highest BCUT2D eigenvalue weighted by Gasteiger charge is 2.10. The summed E-state index contributed by atoms with van der Waals surface area (Å²) in [4.78, 5) is 15.8. The summed E-state index contributed by atoms with van der Waals surface area (Å²) >= 11 is 17.4. The lowest BCUT2D eigenvalue weighted by molar-refractivity contribution is 0.102. The fourth-order valence-electron chi connectivity index (χ4n) is 1.43. The number of amides is 1. The molecule has 0 aliphatic carbocycles. The molecule has 1 aromatic carbocycles. The van der Waals surface area contributed by atoms with Crippen LogP contribution in [0.25, 0.3) is 0 Å². The van der Waals surface area contributed by atoms with Crippen molar-refractivity contribution < 1.29 is 4.79 Å². The van der Waals surface area contributed by atoms with E-state index in [0.717, 1.165) is 0 Å². The van der Waals surface area contributed by atoms with Crippen LogP contribution in [0.2, 0.25) is 15.2 Å². The molecule has 0 bridgehead atoms. The molecule has 20 heavy (non-hydrogen) atoms. The number of benzene rings is 1. The Balaban J connectivity index is 2.21. The van der Waals surface area contributed by atoms with E-state index >= 15 is 0 Å². The second kappa shape index (κ2) is 6.10. The van der Waals surface area contributed by atoms with E-state index in [2.05, 4.69) is 10.3 Å². The highest BCUT2D eigenvalue weighted by molar-refractivity contribution is 6.41. The number of carbonyl (C=O) groups is 1. The van der Waals surface area contributed by atoms with Crippen LogP contribution in [0.5, 0.6) is 0 Å². The number of rotatable bonds is 2. The number of pyridine rings is 1. The fourth-order valence-corrected chi connectivity index (χ4v) is 1.92. The molecule has 0 saturated carbocycles. The number of hydrogen-bond acceptors (Lipinski definition) is 3. The molecule has 1 aromatic heterocycles. The molecule has 1 heterocycles. The van der Waals surface area contributed by atoms with Gasteiger partial charge < -0.3 is 5.32 Å². The van der Waals surface area contributed by atoms with Crippen LogP contribution in [-0.2, 0) is 0 Å². The van der Waals surface area contributed by atoms with Crippen molar-refractivity contribution in [1.82, 2.24) is 4.98 Å². The van der Waals surface area contributed by atoms with E-state index in [1.54, 1.807) is 6.07 Å². The maximum Gasteiger partial charge on any atom is 0.257 e. The van der Waals surface area contributed by atoms with Gasteiger partial charge in [0.05, 0.1) is 21.2 Å². The van der Waals surface area contributed by atoms with Gasteiger partial charge in [0.1, 0.15) is 11.2 Å². The third kappa shape index (κ3) is 3.20. The maximum atomic E-state index is 12.0. The maximum absolute atomic E-state index is 12.0. The van der Waals surface area contributed by atoms with Crippen LogP contribution in [0.15, 0.2) is 30.5 Å². The molecule has 2 rings (SSSR count). The van der Waals surface area contributed by atoms with Crippen molar-refractivity contribution in [1.29, 1.82) is 5.26 Å². The molecule has 0 unspecified atom stereocenters. The third-order valence-electron chi connectivity index (χ3n) is 2.41. The molecular weight excluding hydrogens is 321 g/mol. The molecule has 7 heteroatoms. The Morgan fingerprint density at radius 3 is 2.55 bits per heavy atom. The lowest BCUT2D eigenvalue weighted by Crippen LogP contribution is -2.12. The molecule has 4 nitrogen and oxygen atoms in total. The number of halogens is 3. The van der Waals surface area contributed by atoms with Crippen LogP contribution in [0.4, 0.5) is 5.69 Å². The summed E-state index contributed by atoms with van der Waals surface area (Å²) in [6.45, 7) is 0. The highest BCUT2D eigenvalue weighted by Crippen LogP contribution is 2.22. The van der Waals surface area contributed by atoms with Gasteiger partial charge in [-0.3, -0.25) is 4.79 Å². The molecule has 0 radical (unpaired) electrons. The zero-order valence-electron chi connectivity index (χ0n) is 9.82. The molecule has 100 valence electrons. The lowest BCUT2D eigenvalue weighted by atomic mass is 10.2. The number of nitrogens with one attached hydrogen (secondary N) is 1. The normalized spacial score (nSPS) is 9.90. The van der Waals surface area contributed by atoms with Crippen LogP contribution in [0.1, 0.15) is 15.9 Å². The largest absolute Gasteiger partial charge is 0.322 e. The zero-order valence-corrected chi connectivity index (χ0v) is 12.1. The zero-order chi connectivity index (χ0) is 14.7. The average Bonchev–Trinajstić information content (AvgIpc) is 2.42. The van der Waals surface area contributed by atoms with Gasteiger partial charge in [-0.25, -0.2) is 4.98 Å². The van der Waals surface area contributed by atoms with Crippen LogP contribution < -0.4 is 5.32 Å². The second-order valence-corrected chi connectivity index (χ2v) is 4.93. The number of aromatic nitrogens is 1. The van der Waals surface area contributed by atoms with Crippen molar-refractivity contribution in [2.24, 2.45) is 0 Å². The minimum Gasteiger partial charge on any atom is -0.322 e. The predicted octanol–water partition coefficient (Wildman–Crippen LogP) is 4.17. The summed E-state index contributed by atoms with van der Waals surface area (Å²) in [6.07, 6.45) is 1.31. The number of hydrogen-bond donors (Lipinski definition) is 1. The average molecular weight is 327 g/mol. The van der Waals surface area contributed by atoms with Gasteiger partial charge >= 0.3 is 0 Å². The van der Waals surface area contributed by atoms with Crippen molar-refractivity contribution in [3.05, 3.63) is 56.8 Å². The third-order valence-corrected chi connectivity index (χ3v) is 3.40. The summed E-state index contributed by atoms with van der Waals surface area (Å²) in [5.74, 6) is -0.406. The van der Waals surface area contributed by atoms with E-state index in [-0.39, 0.29) is 20.8 Å². The van der Waals surface area contributed by atoms with Crippen LogP contribution in [-0.4, -0.2) is 10.9 Å². The summed E-state index contributed by atoms with van der Waals surface area (Å²) < 4.78 is 0. The van der Waals surface area contributed by atoms with E-state index in [9.17, 15) is 4.79 Å². The van der Waals surface area contributed by atoms with E-state index in [0.29, 0.717) is 11.3 Å². The van der Waals surface area contributed by atoms with Crippen molar-refractivity contribution in [3.63, 3.8) is 0 Å². The van der Waals surface area contributed by atoms with Crippen molar-refractivity contribution in [2.75, 3.05) is 5.32 Å². The molecule has 0 fully saturated rings. The Kier molecular flexibility index (Phi) is 4.46. The molecular formula is C13H6Cl3N3O. The SMILES string of the molecule is N#Cc1ccc(NC(=O)c2cnc(Cl)c(Cl)c2)cc1Cl. The van der Waals surface area contributed by atoms with Gasteiger partial charge in [0.15, 0.2) is 0 Å². The molecule has 1 N–H and O–H groups in total. The van der Waals surface area contributed by atoms with Gasteiger partial charge in [0.25, 0.3) is 5.91 Å². The fraction of sp³-hybridized carbons (Fsp3) is 0. The quantitative estimate of drug-likeness (QED) is 0.842. The molecule has 2 aromatic rings. The topological polar surface area (TPSA) is 65.8 Å². The minimum atomic E-state index is -0.406. The summed E-state index contributed by atoms with van der Waals surface area (Å²) in [5.41, 5.74) is 1.06. The minimum absolute atomic E-state index is 0.129. The molecule has 0 aliphatic heterocycles. The van der Waals surface area contributed by atoms with Crippen molar-refractivity contribution in [2.45, 2.75) is 0 Å². The Hall–Kier alpha value is -1.80. The molecule has 1 amide bonds. The summed E-state index contributed by atoms with van der Waals surface area (Å²) in [6, 6.07) is 7.93. The first-order valence-corrected chi connectivity index (χ1v) is 6.46. The van der Waals surface area contributed by atoms with Crippen molar-refractivity contribution >= 4 is 46.4 Å². The van der Waals surface area contributed by atoms with Gasteiger partial charge in [0, 0.05) is 11.9 Å². The Morgan fingerprint density at radius 2 is 1.95 bits per heavy atom. The van der Waals surface area contributed by atoms with E-state index in [4.69, 9.17) is 40.1 Å². The standard InChI is InChI=1S/C13H6Cl3N3O/c14-10-4-9(2-1-7(10)5-17)19-13(20)8-3-11(15)12(16)18-6-8/h1-4,6H,(H,19,20). The Labute approximate surface area is 129 Å². The molecule has 0 atom stereocenters. The first kappa shape index (κ1) is 14.6. The van der Waals surface area contributed by atoms with Gasteiger partial charge in [-0.15, -0.1) is 0 Å². The van der Waals surface area contributed by atoms with E-state index in [1.165, 1.54) is 24.4 Å². The number of nitriles is 1. The first-order valence-electron chi connectivity index (χ1n) is 5.33. The van der Waals surface area contributed by atoms with E-state index in [1.807, 2.05) is 6.07 Å². The van der Waals surface area contributed by atoms with Gasteiger partial charge in [0.2, 0.25) is 0 Å². The molecule has 0 aliphatic rings. The van der Waals surface area contributed by atoms with Crippen LogP contribution >= 0.6 is 34.8 Å². The predicted molar refractivity (Wildman–Crippen MR) is 78.4 cm³/mol. The number of anilines is 1. The van der Waals surface area contributed by atoms with Gasteiger partial charge in [-0.05, 0) is 24.3 Å². The lowest BCUT2D eigenvalue weighted by Gasteiger charge is -2.06. The van der Waals surface area contributed by atoms with E-state index < -0.39 is 5.91 Å². The highest BCUT2D eigenvalue weighted by atomic mass is 35.5. The second-order valence-electron chi connectivity index (χ2n) is 3.76. The van der Waals surface area contributed by atoms with Gasteiger partial charge in [-0.1, -0.05) is 34.8 Å². The Morgan fingerprint density at radius 1 is 1.20 bits per heavy atom. The number of nitrogens with zero attached hydrogens (tertiary/aromatic N) is 2. The smallest absolute Gasteiger partial charge is 0.257 e. The van der Waals surface area contributed by atoms with Crippen molar-refractivity contribution in [3.8, 4) is 6.07 Å². The number of carbonyl (C=O) groups excluding carboxylic acids is 1. The van der Waals surface area contributed by atoms with Crippen LogP contribution in [0.3, 0.4) is 0 Å². The summed E-state index contributed by atoms with van der Waals surface area (Å²) in [5, 5.41) is 12.0. The first-order chi connectivity index (χ1) is 9.51.